The molecule has 0 aliphatic heterocycles. The lowest BCUT2D eigenvalue weighted by Crippen LogP contribution is -2.10. The Bertz CT molecular complexity index is 869. The van der Waals surface area contributed by atoms with Crippen LogP contribution < -0.4 is 11.5 Å². The highest BCUT2D eigenvalue weighted by molar-refractivity contribution is 7.21. The number of aromatic nitrogens is 1. The molecule has 0 unspecified atom stereocenters. The highest BCUT2D eigenvalue weighted by Crippen LogP contribution is 2.43. The smallest absolute Gasteiger partial charge is 0.397 e. The molecule has 0 spiro atoms. The van der Waals surface area contributed by atoms with Gasteiger partial charge in [-0.2, -0.15) is 13.2 Å². The third-order valence-corrected chi connectivity index (χ3v) is 5.02. The van der Waals surface area contributed by atoms with Crippen LogP contribution >= 0.6 is 22.7 Å². The number of primary amides is 1. The van der Waals surface area contributed by atoms with E-state index in [1.807, 2.05) is 0 Å². The van der Waals surface area contributed by atoms with Gasteiger partial charge in [0.25, 0.3) is 5.91 Å². The fourth-order valence-electron chi connectivity index (χ4n) is 2.08. The van der Waals surface area contributed by atoms with Crippen molar-refractivity contribution in [2.24, 2.45) is 5.73 Å². The lowest BCUT2D eigenvalue weighted by atomic mass is 10.1. The van der Waals surface area contributed by atoms with Gasteiger partial charge in [-0.3, -0.25) is 4.79 Å². The number of amides is 1. The monoisotopic (exact) mass is 343 g/mol. The van der Waals surface area contributed by atoms with E-state index < -0.39 is 17.8 Å². The molecule has 3 aromatic heterocycles. The van der Waals surface area contributed by atoms with Gasteiger partial charge in [0.15, 0.2) is 0 Å². The number of fused-ring (bicyclic) bond motifs is 1. The molecule has 0 aliphatic carbocycles. The number of nitrogens with two attached hydrogens (primary N) is 2. The van der Waals surface area contributed by atoms with Crippen LogP contribution in [0.3, 0.4) is 0 Å². The Balaban J connectivity index is 2.41. The van der Waals surface area contributed by atoms with E-state index in [0.29, 0.717) is 15.8 Å². The van der Waals surface area contributed by atoms with E-state index in [0.717, 1.165) is 17.4 Å². The van der Waals surface area contributed by atoms with E-state index in [4.69, 9.17) is 11.5 Å². The fourth-order valence-corrected chi connectivity index (χ4v) is 3.80. The lowest BCUT2D eigenvalue weighted by Gasteiger charge is -2.09. The Morgan fingerprint density at radius 1 is 1.32 bits per heavy atom. The van der Waals surface area contributed by atoms with Gasteiger partial charge in [-0.05, 0) is 17.5 Å². The van der Waals surface area contributed by atoms with Gasteiger partial charge in [0.05, 0.1) is 5.69 Å². The first-order valence-corrected chi connectivity index (χ1v) is 7.62. The van der Waals surface area contributed by atoms with Crippen molar-refractivity contribution in [1.82, 2.24) is 4.98 Å². The third-order valence-electron chi connectivity index (χ3n) is 3.00. The molecule has 4 nitrogen and oxygen atoms in total. The standard InChI is InChI=1S/C13H8F3N3OS2/c14-13(15,16)7-4-5(6-2-1-3-21-6)8-9(17)10(11(18)20)22-12(8)19-7/h1-4H,17H2,(H2,18,20). The zero-order valence-electron chi connectivity index (χ0n) is 10.8. The molecule has 114 valence electrons. The minimum absolute atomic E-state index is 0.0135. The van der Waals surface area contributed by atoms with E-state index >= 15 is 0 Å². The number of carbonyl (C=O) groups is 1. The number of alkyl halides is 3. The van der Waals surface area contributed by atoms with Crippen molar-refractivity contribution in [2.45, 2.75) is 6.18 Å². The van der Waals surface area contributed by atoms with Crippen LogP contribution in [0.2, 0.25) is 0 Å². The number of hydrogen-bond donors (Lipinski definition) is 2. The molecular weight excluding hydrogens is 335 g/mol. The highest BCUT2D eigenvalue weighted by atomic mass is 32.1. The van der Waals surface area contributed by atoms with Crippen molar-refractivity contribution in [3.05, 3.63) is 34.2 Å². The van der Waals surface area contributed by atoms with E-state index in [1.54, 1.807) is 17.5 Å². The van der Waals surface area contributed by atoms with Crippen LogP contribution in [0.25, 0.3) is 20.7 Å². The van der Waals surface area contributed by atoms with Gasteiger partial charge in [0, 0.05) is 15.8 Å². The molecule has 3 heterocycles. The summed E-state index contributed by atoms with van der Waals surface area (Å²) < 4.78 is 39.1. The second-order valence-corrected chi connectivity index (χ2v) is 6.37. The number of anilines is 1. The first-order chi connectivity index (χ1) is 10.3. The highest BCUT2D eigenvalue weighted by Gasteiger charge is 2.34. The third kappa shape index (κ3) is 2.32. The van der Waals surface area contributed by atoms with Gasteiger partial charge >= 0.3 is 6.18 Å². The maximum atomic E-state index is 13.0. The summed E-state index contributed by atoms with van der Waals surface area (Å²) in [4.78, 5) is 15.6. The van der Waals surface area contributed by atoms with Crippen molar-refractivity contribution >= 4 is 44.5 Å². The first kappa shape index (κ1) is 14.8. The maximum Gasteiger partial charge on any atom is 0.433 e. The summed E-state index contributed by atoms with van der Waals surface area (Å²) in [6.07, 6.45) is -4.59. The van der Waals surface area contributed by atoms with E-state index in [1.165, 1.54) is 11.3 Å². The number of pyridine rings is 1. The largest absolute Gasteiger partial charge is 0.433 e. The Morgan fingerprint density at radius 3 is 2.59 bits per heavy atom. The van der Waals surface area contributed by atoms with E-state index in [9.17, 15) is 18.0 Å². The second-order valence-electron chi connectivity index (χ2n) is 4.42. The predicted octanol–water partition coefficient (Wildman–Crippen LogP) is 3.72. The molecule has 0 bridgehead atoms. The zero-order valence-corrected chi connectivity index (χ0v) is 12.4. The maximum absolute atomic E-state index is 13.0. The number of thiophene rings is 2. The Morgan fingerprint density at radius 2 is 2.05 bits per heavy atom. The van der Waals surface area contributed by atoms with Crippen molar-refractivity contribution in [3.8, 4) is 10.4 Å². The molecule has 0 atom stereocenters. The Labute approximate surface area is 130 Å². The zero-order chi connectivity index (χ0) is 16.1. The number of carbonyl (C=O) groups excluding carboxylic acids is 1. The first-order valence-electron chi connectivity index (χ1n) is 5.93. The summed E-state index contributed by atoms with van der Waals surface area (Å²) in [7, 11) is 0. The molecule has 1 amide bonds. The van der Waals surface area contributed by atoms with Crippen molar-refractivity contribution in [3.63, 3.8) is 0 Å². The predicted molar refractivity (Wildman–Crippen MR) is 80.9 cm³/mol. The van der Waals surface area contributed by atoms with Crippen LogP contribution in [0, 0.1) is 0 Å². The molecule has 0 radical (unpaired) electrons. The summed E-state index contributed by atoms with van der Waals surface area (Å²) >= 11 is 2.04. The van der Waals surface area contributed by atoms with Crippen LogP contribution in [0.1, 0.15) is 15.4 Å². The number of nitrogen functional groups attached to an aromatic ring is 1. The SMILES string of the molecule is NC(=O)c1sc2nc(C(F)(F)F)cc(-c3cccs3)c2c1N. The average Bonchev–Trinajstić information content (AvgIpc) is 3.05. The molecule has 3 rings (SSSR count). The molecule has 22 heavy (non-hydrogen) atoms. The summed E-state index contributed by atoms with van der Waals surface area (Å²) in [5.41, 5.74) is 10.5. The molecule has 0 fully saturated rings. The van der Waals surface area contributed by atoms with Gasteiger partial charge in [0.1, 0.15) is 15.4 Å². The molecule has 0 aliphatic rings. The van der Waals surface area contributed by atoms with Gasteiger partial charge in [-0.15, -0.1) is 22.7 Å². The normalized spacial score (nSPS) is 12.0. The molecule has 4 N–H and O–H groups in total. The van der Waals surface area contributed by atoms with Crippen LogP contribution in [0.5, 0.6) is 0 Å². The molecule has 0 aromatic carbocycles. The van der Waals surface area contributed by atoms with Gasteiger partial charge in [-0.25, -0.2) is 4.98 Å². The number of nitrogens with zero attached hydrogens (tertiary/aromatic N) is 1. The van der Waals surface area contributed by atoms with E-state index in [-0.39, 0.29) is 15.4 Å². The molecule has 0 saturated heterocycles. The van der Waals surface area contributed by atoms with Crippen LogP contribution in [-0.4, -0.2) is 10.9 Å². The quantitative estimate of drug-likeness (QED) is 0.744. The molecule has 9 heteroatoms. The molecule has 3 aromatic rings. The van der Waals surface area contributed by atoms with Crippen LogP contribution in [-0.2, 0) is 6.18 Å². The van der Waals surface area contributed by atoms with E-state index in [2.05, 4.69) is 4.98 Å². The number of rotatable bonds is 2. The van der Waals surface area contributed by atoms with Gasteiger partial charge in [-0.1, -0.05) is 6.07 Å². The van der Waals surface area contributed by atoms with Crippen molar-refractivity contribution < 1.29 is 18.0 Å². The summed E-state index contributed by atoms with van der Waals surface area (Å²) in [5.74, 6) is -0.786. The van der Waals surface area contributed by atoms with Crippen molar-refractivity contribution in [1.29, 1.82) is 0 Å². The van der Waals surface area contributed by atoms with Gasteiger partial charge < -0.3 is 11.5 Å². The van der Waals surface area contributed by atoms with Crippen LogP contribution in [0.15, 0.2) is 23.6 Å². The summed E-state index contributed by atoms with van der Waals surface area (Å²) in [6.45, 7) is 0. The van der Waals surface area contributed by atoms with Gasteiger partial charge in [0.2, 0.25) is 0 Å². The topological polar surface area (TPSA) is 82.0 Å². The number of halogens is 3. The minimum atomic E-state index is -4.59. The van der Waals surface area contributed by atoms with Crippen LogP contribution in [0.4, 0.5) is 18.9 Å². The number of hydrogen-bond acceptors (Lipinski definition) is 5. The Kier molecular flexibility index (Phi) is 3.33. The van der Waals surface area contributed by atoms with Crippen molar-refractivity contribution in [2.75, 3.05) is 5.73 Å². The lowest BCUT2D eigenvalue weighted by molar-refractivity contribution is -0.140. The summed E-state index contributed by atoms with van der Waals surface area (Å²) in [5, 5.41) is 2.07. The fraction of sp³-hybridized carbons (Fsp3) is 0.0769. The molecule has 0 saturated carbocycles. The minimum Gasteiger partial charge on any atom is -0.397 e. The Hall–Kier alpha value is -2.13. The molecular formula is C13H8F3N3OS2. The average molecular weight is 343 g/mol. The summed E-state index contributed by atoms with van der Waals surface area (Å²) in [6, 6.07) is 4.35. The second kappa shape index (κ2) is 4.96.